The number of nitrogens with one attached hydrogen (secondary N) is 1. The molecular formula is C13H24N2O. The topological polar surface area (TPSA) is 24.5 Å². The first-order chi connectivity index (χ1) is 7.84. The van der Waals surface area contributed by atoms with Crippen molar-refractivity contribution in [1.82, 2.24) is 10.2 Å². The molecule has 3 nitrogen and oxygen atoms in total. The third kappa shape index (κ3) is 2.27. The average Bonchev–Trinajstić information content (AvgIpc) is 3.02. The van der Waals surface area contributed by atoms with Crippen molar-refractivity contribution in [1.29, 1.82) is 0 Å². The highest BCUT2D eigenvalue weighted by atomic mass is 16.5. The maximum absolute atomic E-state index is 5.55. The van der Waals surface area contributed by atoms with Crippen LogP contribution in [0.1, 0.15) is 32.6 Å². The van der Waals surface area contributed by atoms with Crippen molar-refractivity contribution in [2.45, 2.75) is 50.7 Å². The molecule has 0 aromatic carbocycles. The number of hydrogen-bond acceptors (Lipinski definition) is 3. The van der Waals surface area contributed by atoms with Gasteiger partial charge in [0.1, 0.15) is 0 Å². The fraction of sp³-hybridized carbons (Fsp3) is 1.00. The Hall–Kier alpha value is -0.120. The van der Waals surface area contributed by atoms with Crippen LogP contribution in [-0.2, 0) is 4.74 Å². The van der Waals surface area contributed by atoms with Crippen molar-refractivity contribution >= 4 is 0 Å². The van der Waals surface area contributed by atoms with Crippen molar-refractivity contribution in [2.24, 2.45) is 5.92 Å². The predicted octanol–water partition coefficient (Wildman–Crippen LogP) is 1.24. The lowest BCUT2D eigenvalue weighted by molar-refractivity contribution is 0.110. The summed E-state index contributed by atoms with van der Waals surface area (Å²) in [6.07, 6.45) is 5.42. The molecule has 0 amide bonds. The van der Waals surface area contributed by atoms with Gasteiger partial charge in [0.15, 0.2) is 0 Å². The Morgan fingerprint density at radius 1 is 1.19 bits per heavy atom. The molecular weight excluding hydrogens is 200 g/mol. The molecule has 0 aromatic rings. The fourth-order valence-electron chi connectivity index (χ4n) is 3.22. The van der Waals surface area contributed by atoms with Crippen LogP contribution in [0.4, 0.5) is 0 Å². The Labute approximate surface area is 98.5 Å². The Morgan fingerprint density at radius 3 is 2.75 bits per heavy atom. The maximum atomic E-state index is 5.55. The first-order valence-electron chi connectivity index (χ1n) is 6.91. The van der Waals surface area contributed by atoms with Gasteiger partial charge in [-0.1, -0.05) is 0 Å². The second-order valence-corrected chi connectivity index (χ2v) is 5.75. The van der Waals surface area contributed by atoms with Crippen LogP contribution in [0.25, 0.3) is 0 Å². The van der Waals surface area contributed by atoms with Crippen LogP contribution in [0.2, 0.25) is 0 Å². The molecule has 0 aromatic heterocycles. The summed E-state index contributed by atoms with van der Waals surface area (Å²) in [5.74, 6) is 0.968. The molecule has 16 heavy (non-hydrogen) atoms. The van der Waals surface area contributed by atoms with Crippen LogP contribution in [0.15, 0.2) is 0 Å². The summed E-state index contributed by atoms with van der Waals surface area (Å²) in [5, 5.41) is 3.74. The Kier molecular flexibility index (Phi) is 3.18. The van der Waals surface area contributed by atoms with Crippen molar-refractivity contribution in [2.75, 3.05) is 26.3 Å². The molecule has 3 aliphatic rings. The summed E-state index contributed by atoms with van der Waals surface area (Å²) in [6.45, 7) is 6.76. The lowest BCUT2D eigenvalue weighted by atomic mass is 10.1. The van der Waals surface area contributed by atoms with Gasteiger partial charge in [0.25, 0.3) is 0 Å². The molecule has 2 saturated heterocycles. The molecule has 2 aliphatic heterocycles. The fourth-order valence-corrected chi connectivity index (χ4v) is 3.22. The molecule has 3 unspecified atom stereocenters. The zero-order valence-corrected chi connectivity index (χ0v) is 10.3. The van der Waals surface area contributed by atoms with Crippen molar-refractivity contribution < 1.29 is 4.74 Å². The van der Waals surface area contributed by atoms with Gasteiger partial charge < -0.3 is 10.1 Å². The normalized spacial score (nSPS) is 42.2. The smallest absolute Gasteiger partial charge is 0.0622 e. The van der Waals surface area contributed by atoms with E-state index in [4.69, 9.17) is 4.74 Å². The van der Waals surface area contributed by atoms with Crippen LogP contribution >= 0.6 is 0 Å². The minimum atomic E-state index is 0.691. The monoisotopic (exact) mass is 224 g/mol. The van der Waals surface area contributed by atoms with E-state index in [-0.39, 0.29) is 0 Å². The van der Waals surface area contributed by atoms with E-state index in [1.807, 2.05) is 0 Å². The number of ether oxygens (including phenoxy) is 1. The van der Waals surface area contributed by atoms with Gasteiger partial charge in [-0.25, -0.2) is 0 Å². The first-order valence-corrected chi connectivity index (χ1v) is 6.91. The molecule has 0 radical (unpaired) electrons. The van der Waals surface area contributed by atoms with Crippen molar-refractivity contribution in [3.05, 3.63) is 0 Å². The molecule has 0 spiro atoms. The van der Waals surface area contributed by atoms with Gasteiger partial charge in [0, 0.05) is 31.3 Å². The van der Waals surface area contributed by atoms with Gasteiger partial charge in [-0.15, -0.1) is 0 Å². The molecule has 1 aliphatic carbocycles. The molecule has 1 saturated carbocycles. The van der Waals surface area contributed by atoms with E-state index >= 15 is 0 Å². The maximum Gasteiger partial charge on any atom is 0.0622 e. The van der Waals surface area contributed by atoms with E-state index in [0.29, 0.717) is 6.04 Å². The third-order valence-electron chi connectivity index (χ3n) is 4.51. The van der Waals surface area contributed by atoms with Crippen LogP contribution < -0.4 is 5.32 Å². The summed E-state index contributed by atoms with van der Waals surface area (Å²) in [4.78, 5) is 2.72. The minimum Gasteiger partial charge on any atom is -0.380 e. The van der Waals surface area contributed by atoms with Gasteiger partial charge in [-0.2, -0.15) is 0 Å². The van der Waals surface area contributed by atoms with Crippen molar-refractivity contribution in [3.8, 4) is 0 Å². The third-order valence-corrected chi connectivity index (χ3v) is 4.51. The lowest BCUT2D eigenvalue weighted by Crippen LogP contribution is -2.47. The van der Waals surface area contributed by atoms with E-state index in [2.05, 4.69) is 17.1 Å². The standard InChI is InChI=1S/C13H24N2O/c1-10-4-6-14-13(11-2-3-11)8-15(10)12-5-7-16-9-12/h10-14H,2-9H2,1H3. The van der Waals surface area contributed by atoms with E-state index in [1.165, 1.54) is 38.8 Å². The molecule has 3 rings (SSSR count). The number of nitrogens with zero attached hydrogens (tertiary/aromatic N) is 1. The van der Waals surface area contributed by atoms with Gasteiger partial charge in [0.2, 0.25) is 0 Å². The van der Waals surface area contributed by atoms with Crippen LogP contribution in [0.5, 0.6) is 0 Å². The molecule has 1 N–H and O–H groups in total. The average molecular weight is 224 g/mol. The van der Waals surface area contributed by atoms with E-state index in [9.17, 15) is 0 Å². The van der Waals surface area contributed by atoms with Crippen LogP contribution in [0, 0.1) is 5.92 Å². The first kappa shape index (κ1) is 11.0. The Balaban J connectivity index is 1.66. The zero-order chi connectivity index (χ0) is 11.0. The quantitative estimate of drug-likeness (QED) is 0.764. The number of rotatable bonds is 2. The molecule has 92 valence electrons. The zero-order valence-electron chi connectivity index (χ0n) is 10.3. The van der Waals surface area contributed by atoms with Gasteiger partial charge in [0.05, 0.1) is 6.61 Å². The molecule has 3 heteroatoms. The largest absolute Gasteiger partial charge is 0.380 e. The predicted molar refractivity (Wildman–Crippen MR) is 64.5 cm³/mol. The van der Waals surface area contributed by atoms with E-state index < -0.39 is 0 Å². The highest BCUT2D eigenvalue weighted by Crippen LogP contribution is 2.34. The highest BCUT2D eigenvalue weighted by molar-refractivity contribution is 4.93. The second kappa shape index (κ2) is 4.63. The summed E-state index contributed by atoms with van der Waals surface area (Å²) in [7, 11) is 0. The van der Waals surface area contributed by atoms with Gasteiger partial charge in [-0.05, 0) is 45.1 Å². The SMILES string of the molecule is CC1CCNC(C2CC2)CN1C1CCOC1. The highest BCUT2D eigenvalue weighted by Gasteiger charge is 2.37. The van der Waals surface area contributed by atoms with Gasteiger partial charge >= 0.3 is 0 Å². The second-order valence-electron chi connectivity index (χ2n) is 5.75. The van der Waals surface area contributed by atoms with Crippen molar-refractivity contribution in [3.63, 3.8) is 0 Å². The van der Waals surface area contributed by atoms with Crippen LogP contribution in [-0.4, -0.2) is 49.3 Å². The van der Waals surface area contributed by atoms with Crippen LogP contribution in [0.3, 0.4) is 0 Å². The van der Waals surface area contributed by atoms with E-state index in [1.54, 1.807) is 0 Å². The molecule has 2 heterocycles. The lowest BCUT2D eigenvalue weighted by Gasteiger charge is -2.33. The Morgan fingerprint density at radius 2 is 2.06 bits per heavy atom. The van der Waals surface area contributed by atoms with E-state index in [0.717, 1.165) is 31.2 Å². The molecule has 3 atom stereocenters. The minimum absolute atomic E-state index is 0.691. The summed E-state index contributed by atoms with van der Waals surface area (Å²) >= 11 is 0. The van der Waals surface area contributed by atoms with Gasteiger partial charge in [-0.3, -0.25) is 4.90 Å². The number of hydrogen-bond donors (Lipinski definition) is 1. The molecule has 3 fully saturated rings. The summed E-state index contributed by atoms with van der Waals surface area (Å²) in [6, 6.07) is 2.17. The Bertz CT molecular complexity index is 236. The summed E-state index contributed by atoms with van der Waals surface area (Å²) < 4.78 is 5.55. The molecule has 0 bridgehead atoms. The summed E-state index contributed by atoms with van der Waals surface area (Å²) in [5.41, 5.74) is 0.